The highest BCUT2D eigenvalue weighted by molar-refractivity contribution is 7.98. The zero-order valence-corrected chi connectivity index (χ0v) is 15.2. The van der Waals surface area contributed by atoms with Crippen molar-refractivity contribution in [3.8, 4) is 12.1 Å². The van der Waals surface area contributed by atoms with Crippen LogP contribution < -0.4 is 5.32 Å². The number of nitriles is 2. The third kappa shape index (κ3) is 3.71. The van der Waals surface area contributed by atoms with Crippen molar-refractivity contribution in [3.63, 3.8) is 0 Å². The van der Waals surface area contributed by atoms with Crippen LogP contribution in [0.5, 0.6) is 0 Å². The minimum Gasteiger partial charge on any atom is -0.437 e. The van der Waals surface area contributed by atoms with Crippen LogP contribution in [-0.4, -0.2) is 65.5 Å². The summed E-state index contributed by atoms with van der Waals surface area (Å²) < 4.78 is 12.1. The largest absolute Gasteiger partial charge is 0.437 e. The van der Waals surface area contributed by atoms with Gasteiger partial charge in [0.25, 0.3) is 0 Å². The van der Waals surface area contributed by atoms with Gasteiger partial charge >= 0.3 is 7.05 Å². The molecule has 2 rings (SSSR count). The first-order valence-corrected chi connectivity index (χ1v) is 9.26. The lowest BCUT2D eigenvalue weighted by Gasteiger charge is -2.34. The Morgan fingerprint density at radius 2 is 2.08 bits per heavy atom. The normalized spacial score (nSPS) is 32.0. The summed E-state index contributed by atoms with van der Waals surface area (Å²) in [6.45, 7) is 5.51. The van der Waals surface area contributed by atoms with Gasteiger partial charge in [-0.15, -0.1) is 0 Å². The lowest BCUT2D eigenvalue weighted by Crippen LogP contribution is -2.51. The third-order valence-electron chi connectivity index (χ3n) is 4.21. The van der Waals surface area contributed by atoms with E-state index in [2.05, 4.69) is 11.4 Å². The van der Waals surface area contributed by atoms with E-state index in [1.165, 1.54) is 6.20 Å². The molecule has 0 spiro atoms. The van der Waals surface area contributed by atoms with Crippen LogP contribution in [-0.2, 0) is 9.47 Å². The van der Waals surface area contributed by atoms with Crippen molar-refractivity contribution in [3.05, 3.63) is 11.8 Å². The summed E-state index contributed by atoms with van der Waals surface area (Å²) in [5, 5.41) is 31.4. The van der Waals surface area contributed by atoms with Crippen molar-refractivity contribution in [2.75, 3.05) is 18.6 Å². The summed E-state index contributed by atoms with van der Waals surface area (Å²) in [6, 6.07) is 3.67. The number of rotatable bonds is 6. The summed E-state index contributed by atoms with van der Waals surface area (Å²) in [4.78, 5) is 1.88. The molecule has 2 aliphatic rings. The highest BCUT2D eigenvalue weighted by atomic mass is 32.2. The minimum absolute atomic E-state index is 0.0653. The van der Waals surface area contributed by atoms with Gasteiger partial charge in [-0.2, -0.15) is 22.3 Å². The van der Waals surface area contributed by atoms with Crippen LogP contribution in [0.15, 0.2) is 11.8 Å². The molecule has 0 saturated carbocycles. The maximum absolute atomic E-state index is 10.3. The predicted octanol–water partition coefficient (Wildman–Crippen LogP) is 0.553. The molecule has 0 amide bonds. The number of hydrogen-bond donors (Lipinski definition) is 2. The van der Waals surface area contributed by atoms with E-state index >= 15 is 0 Å². The zero-order valence-electron chi connectivity index (χ0n) is 14.4. The first kappa shape index (κ1) is 19.1. The standard InChI is InChI=1S/C15H23BN4O3S/c1-15(2)22-13-11(9-24-4)20(16(3)21)12(14(13)23-15)10(7-18)8-19-6-5-17/h8,11-14,19,21H,6,9H2,1-4H3/b10-8+/t11-,12+,13-,14+/m1/s1. The number of nitrogens with one attached hydrogen (secondary N) is 1. The van der Waals surface area contributed by atoms with Crippen LogP contribution in [0.1, 0.15) is 13.8 Å². The maximum Gasteiger partial charge on any atom is 0.377 e. The van der Waals surface area contributed by atoms with Gasteiger partial charge < -0.3 is 24.6 Å². The summed E-state index contributed by atoms with van der Waals surface area (Å²) in [6.07, 6.45) is 2.97. The van der Waals surface area contributed by atoms with E-state index in [9.17, 15) is 10.3 Å². The molecular formula is C15H23BN4O3S. The average Bonchev–Trinajstić information content (AvgIpc) is 2.96. The summed E-state index contributed by atoms with van der Waals surface area (Å²) in [7, 11) is -0.749. The molecule has 2 aliphatic heterocycles. The topological polar surface area (TPSA) is 102 Å². The first-order valence-electron chi connectivity index (χ1n) is 7.87. The monoisotopic (exact) mass is 350 g/mol. The fourth-order valence-electron chi connectivity index (χ4n) is 3.49. The molecule has 0 aromatic carbocycles. The second kappa shape index (κ2) is 7.77. The van der Waals surface area contributed by atoms with Gasteiger partial charge in [-0.1, -0.05) is 0 Å². The zero-order chi connectivity index (χ0) is 17.9. The fraction of sp³-hybridized carbons (Fsp3) is 0.733. The van der Waals surface area contributed by atoms with E-state index in [1.807, 2.05) is 31.0 Å². The molecule has 7 nitrogen and oxygen atoms in total. The van der Waals surface area contributed by atoms with Gasteiger partial charge in [-0.05, 0) is 26.9 Å². The van der Waals surface area contributed by atoms with Crippen LogP contribution in [0, 0.1) is 22.7 Å². The van der Waals surface area contributed by atoms with Crippen LogP contribution in [0.3, 0.4) is 0 Å². The second-order valence-electron chi connectivity index (χ2n) is 6.36. The van der Waals surface area contributed by atoms with E-state index in [0.29, 0.717) is 5.57 Å². The second-order valence-corrected chi connectivity index (χ2v) is 7.27. The van der Waals surface area contributed by atoms with Crippen molar-refractivity contribution >= 4 is 18.8 Å². The van der Waals surface area contributed by atoms with Crippen molar-refractivity contribution in [1.82, 2.24) is 10.1 Å². The maximum atomic E-state index is 10.3. The number of hydrogen-bond acceptors (Lipinski definition) is 8. The molecular weight excluding hydrogens is 327 g/mol. The molecule has 24 heavy (non-hydrogen) atoms. The van der Waals surface area contributed by atoms with E-state index in [0.717, 1.165) is 5.75 Å². The van der Waals surface area contributed by atoms with Gasteiger partial charge in [-0.25, -0.2) is 0 Å². The molecule has 2 saturated heterocycles. The SMILES string of the molecule is CSC[C@@H]1[C@H]2OC(C)(C)O[C@H]2[C@H](/C(C#N)=C/NCC#N)N1B(C)O. The van der Waals surface area contributed by atoms with Gasteiger partial charge in [-0.3, -0.25) is 0 Å². The van der Waals surface area contributed by atoms with Gasteiger partial charge in [0.05, 0.1) is 23.8 Å². The van der Waals surface area contributed by atoms with E-state index in [4.69, 9.17) is 14.7 Å². The summed E-state index contributed by atoms with van der Waals surface area (Å²) in [5.41, 5.74) is 0.422. The summed E-state index contributed by atoms with van der Waals surface area (Å²) in [5.74, 6) is 0.0298. The Hall–Kier alpha value is -1.23. The van der Waals surface area contributed by atoms with Gasteiger partial charge in [0.15, 0.2) is 5.79 Å². The molecule has 0 aliphatic carbocycles. The molecule has 2 N–H and O–H groups in total. The minimum atomic E-state index is -0.749. The molecule has 9 heteroatoms. The Balaban J connectivity index is 2.39. The van der Waals surface area contributed by atoms with Crippen molar-refractivity contribution in [2.24, 2.45) is 0 Å². The molecule has 0 aromatic heterocycles. The molecule has 130 valence electrons. The Bertz CT molecular complexity index is 572. The Morgan fingerprint density at radius 1 is 1.42 bits per heavy atom. The number of fused-ring (bicyclic) bond motifs is 1. The Morgan fingerprint density at radius 3 is 2.62 bits per heavy atom. The molecule has 0 aromatic rings. The van der Waals surface area contributed by atoms with Gasteiger partial charge in [0, 0.05) is 18.0 Å². The number of thioether (sulfide) groups is 1. The highest BCUT2D eigenvalue weighted by Crippen LogP contribution is 2.43. The summed E-state index contributed by atoms with van der Waals surface area (Å²) >= 11 is 1.66. The Labute approximate surface area is 147 Å². The quantitative estimate of drug-likeness (QED) is 0.310. The van der Waals surface area contributed by atoms with Crippen molar-refractivity contribution in [2.45, 2.75) is 50.7 Å². The van der Waals surface area contributed by atoms with Crippen LogP contribution in [0.25, 0.3) is 0 Å². The average molecular weight is 350 g/mol. The predicted molar refractivity (Wildman–Crippen MR) is 92.8 cm³/mol. The fourth-order valence-corrected chi connectivity index (χ4v) is 4.20. The van der Waals surface area contributed by atoms with Crippen LogP contribution in [0.2, 0.25) is 6.82 Å². The number of ether oxygens (including phenoxy) is 2. The van der Waals surface area contributed by atoms with Gasteiger partial charge in [0.2, 0.25) is 0 Å². The molecule has 4 atom stereocenters. The molecule has 0 unspecified atom stereocenters. The lowest BCUT2D eigenvalue weighted by atomic mass is 9.81. The molecule has 0 bridgehead atoms. The smallest absolute Gasteiger partial charge is 0.377 e. The van der Waals surface area contributed by atoms with Crippen molar-refractivity contribution < 1.29 is 14.5 Å². The lowest BCUT2D eigenvalue weighted by molar-refractivity contribution is -0.160. The highest BCUT2D eigenvalue weighted by Gasteiger charge is 2.59. The molecule has 2 heterocycles. The molecule has 2 fully saturated rings. The van der Waals surface area contributed by atoms with E-state index in [-0.39, 0.29) is 24.8 Å². The van der Waals surface area contributed by atoms with Crippen LogP contribution in [0.4, 0.5) is 0 Å². The van der Waals surface area contributed by atoms with E-state index < -0.39 is 18.9 Å². The molecule has 0 radical (unpaired) electrons. The number of nitrogens with zero attached hydrogens (tertiary/aromatic N) is 3. The Kier molecular flexibility index (Phi) is 6.19. The first-order chi connectivity index (χ1) is 11.4. The van der Waals surface area contributed by atoms with E-state index in [1.54, 1.807) is 18.6 Å². The van der Waals surface area contributed by atoms with Crippen molar-refractivity contribution in [1.29, 1.82) is 10.5 Å². The van der Waals surface area contributed by atoms with Gasteiger partial charge in [0.1, 0.15) is 18.8 Å². The van der Waals surface area contributed by atoms with Crippen LogP contribution >= 0.6 is 11.8 Å². The third-order valence-corrected chi connectivity index (χ3v) is 4.89.